The van der Waals surface area contributed by atoms with E-state index in [1.54, 1.807) is 24.3 Å². The Morgan fingerprint density at radius 1 is 1.10 bits per heavy atom. The van der Waals surface area contributed by atoms with E-state index in [1.807, 2.05) is 38.1 Å². The zero-order chi connectivity index (χ0) is 14.5. The number of hydrogen-bond acceptors (Lipinski definition) is 3. The second kappa shape index (κ2) is 6.23. The van der Waals surface area contributed by atoms with Crippen molar-refractivity contribution in [3.8, 4) is 11.8 Å². The van der Waals surface area contributed by atoms with Crippen LogP contribution >= 0.6 is 0 Å². The second-order valence-corrected chi connectivity index (χ2v) is 4.89. The zero-order valence-electron chi connectivity index (χ0n) is 11.7. The van der Waals surface area contributed by atoms with Gasteiger partial charge in [-0.15, -0.1) is 0 Å². The van der Waals surface area contributed by atoms with Gasteiger partial charge in [-0.25, -0.2) is 0 Å². The topological polar surface area (TPSA) is 59.0 Å². The predicted octanol–water partition coefficient (Wildman–Crippen LogP) is 3.33. The average Bonchev–Trinajstić information content (AvgIpc) is 2.46. The normalized spacial score (nSPS) is 13.3. The molecule has 2 aromatic rings. The first-order chi connectivity index (χ1) is 9.61. The molecule has 0 aliphatic rings. The minimum Gasteiger partial charge on any atom is -0.484 e. The van der Waals surface area contributed by atoms with Crippen molar-refractivity contribution in [3.05, 3.63) is 65.2 Å². The maximum atomic E-state index is 8.80. The van der Waals surface area contributed by atoms with Crippen molar-refractivity contribution in [2.24, 2.45) is 5.73 Å². The number of rotatable bonds is 4. The van der Waals surface area contributed by atoms with Gasteiger partial charge < -0.3 is 10.5 Å². The Hall–Kier alpha value is -2.31. The Morgan fingerprint density at radius 3 is 2.30 bits per heavy atom. The van der Waals surface area contributed by atoms with Crippen LogP contribution in [-0.2, 0) is 0 Å². The summed E-state index contributed by atoms with van der Waals surface area (Å²) >= 11 is 0. The van der Waals surface area contributed by atoms with E-state index in [-0.39, 0.29) is 12.1 Å². The molecule has 3 nitrogen and oxygen atoms in total. The lowest BCUT2D eigenvalue weighted by atomic mass is 9.99. The molecule has 0 aromatic heterocycles. The lowest BCUT2D eigenvalue weighted by molar-refractivity contribution is 0.180. The van der Waals surface area contributed by atoms with Crippen molar-refractivity contribution < 1.29 is 4.74 Å². The number of nitrogens with zero attached hydrogens (tertiary/aromatic N) is 1. The van der Waals surface area contributed by atoms with E-state index < -0.39 is 0 Å². The molecule has 0 heterocycles. The molecule has 2 atom stereocenters. The number of aryl methyl sites for hydroxylation is 1. The van der Waals surface area contributed by atoms with Crippen LogP contribution in [-0.4, -0.2) is 6.04 Å². The summed E-state index contributed by atoms with van der Waals surface area (Å²) in [5, 5.41) is 8.80. The Kier molecular flexibility index (Phi) is 4.39. The highest BCUT2D eigenvalue weighted by Gasteiger charge is 2.19. The monoisotopic (exact) mass is 266 g/mol. The van der Waals surface area contributed by atoms with Gasteiger partial charge in [0, 0.05) is 6.04 Å². The molecular formula is C17H18N2O. The summed E-state index contributed by atoms with van der Waals surface area (Å²) in [6, 6.07) is 17.1. The summed E-state index contributed by atoms with van der Waals surface area (Å²) in [4.78, 5) is 0. The standard InChI is InChI=1S/C17H18N2O/c1-12-5-3-4-6-16(12)17(13(2)19)20-15-9-7-14(11-18)8-10-15/h3-10,13,17H,19H2,1-2H3. The molecule has 0 spiro atoms. The Balaban J connectivity index is 2.26. The maximum absolute atomic E-state index is 8.80. The first kappa shape index (κ1) is 14.1. The lowest BCUT2D eigenvalue weighted by Gasteiger charge is -2.24. The molecular weight excluding hydrogens is 248 g/mol. The van der Waals surface area contributed by atoms with E-state index >= 15 is 0 Å². The van der Waals surface area contributed by atoms with Crippen LogP contribution in [0.2, 0.25) is 0 Å². The fraction of sp³-hybridized carbons (Fsp3) is 0.235. The molecule has 0 aliphatic heterocycles. The molecule has 0 radical (unpaired) electrons. The van der Waals surface area contributed by atoms with Crippen LogP contribution in [0.1, 0.15) is 29.7 Å². The van der Waals surface area contributed by atoms with Crippen LogP contribution in [0.25, 0.3) is 0 Å². The number of nitriles is 1. The Morgan fingerprint density at radius 2 is 1.75 bits per heavy atom. The molecule has 2 unspecified atom stereocenters. The molecule has 3 heteroatoms. The van der Waals surface area contributed by atoms with Gasteiger partial charge in [0.25, 0.3) is 0 Å². The summed E-state index contributed by atoms with van der Waals surface area (Å²) in [5.74, 6) is 0.717. The molecule has 102 valence electrons. The predicted molar refractivity (Wildman–Crippen MR) is 79.4 cm³/mol. The van der Waals surface area contributed by atoms with Crippen molar-refractivity contribution >= 4 is 0 Å². The number of hydrogen-bond donors (Lipinski definition) is 1. The molecule has 20 heavy (non-hydrogen) atoms. The van der Waals surface area contributed by atoms with Crippen molar-refractivity contribution in [2.45, 2.75) is 26.0 Å². The first-order valence-corrected chi connectivity index (χ1v) is 6.59. The van der Waals surface area contributed by atoms with Crippen LogP contribution in [0, 0.1) is 18.3 Å². The number of nitrogens with two attached hydrogens (primary N) is 1. The van der Waals surface area contributed by atoms with Crippen LogP contribution in [0.15, 0.2) is 48.5 Å². The highest BCUT2D eigenvalue weighted by atomic mass is 16.5. The fourth-order valence-electron chi connectivity index (χ4n) is 2.11. The van der Waals surface area contributed by atoms with E-state index in [2.05, 4.69) is 6.07 Å². The molecule has 0 fully saturated rings. The number of ether oxygens (including phenoxy) is 1. The highest BCUT2D eigenvalue weighted by molar-refractivity contribution is 5.36. The highest BCUT2D eigenvalue weighted by Crippen LogP contribution is 2.26. The first-order valence-electron chi connectivity index (χ1n) is 6.59. The largest absolute Gasteiger partial charge is 0.484 e. The van der Waals surface area contributed by atoms with E-state index in [1.165, 1.54) is 0 Å². The molecule has 2 aromatic carbocycles. The fourth-order valence-corrected chi connectivity index (χ4v) is 2.11. The van der Waals surface area contributed by atoms with E-state index in [0.29, 0.717) is 5.56 Å². The van der Waals surface area contributed by atoms with Crippen molar-refractivity contribution in [1.29, 1.82) is 5.26 Å². The third-order valence-electron chi connectivity index (χ3n) is 3.22. The van der Waals surface area contributed by atoms with Crippen molar-refractivity contribution in [1.82, 2.24) is 0 Å². The van der Waals surface area contributed by atoms with Crippen molar-refractivity contribution in [2.75, 3.05) is 0 Å². The van der Waals surface area contributed by atoms with Crippen LogP contribution in [0.5, 0.6) is 5.75 Å². The second-order valence-electron chi connectivity index (χ2n) is 4.89. The van der Waals surface area contributed by atoms with Gasteiger partial charge in [-0.3, -0.25) is 0 Å². The maximum Gasteiger partial charge on any atom is 0.139 e. The molecule has 0 amide bonds. The summed E-state index contributed by atoms with van der Waals surface area (Å²) in [7, 11) is 0. The van der Waals surface area contributed by atoms with Gasteiger partial charge in [0.15, 0.2) is 0 Å². The lowest BCUT2D eigenvalue weighted by Crippen LogP contribution is -2.29. The van der Waals surface area contributed by atoms with E-state index in [9.17, 15) is 0 Å². The third-order valence-corrected chi connectivity index (χ3v) is 3.22. The SMILES string of the molecule is Cc1ccccc1C(Oc1ccc(C#N)cc1)C(C)N. The molecule has 0 aliphatic carbocycles. The zero-order valence-corrected chi connectivity index (χ0v) is 11.7. The van der Waals surface area contributed by atoms with Gasteiger partial charge in [0.2, 0.25) is 0 Å². The average molecular weight is 266 g/mol. The van der Waals surface area contributed by atoms with Crippen LogP contribution in [0.4, 0.5) is 0 Å². The summed E-state index contributed by atoms with van der Waals surface area (Å²) in [6.45, 7) is 3.98. The smallest absolute Gasteiger partial charge is 0.139 e. The van der Waals surface area contributed by atoms with Gasteiger partial charge in [0.1, 0.15) is 11.9 Å². The van der Waals surface area contributed by atoms with Gasteiger partial charge in [-0.2, -0.15) is 5.26 Å². The number of benzene rings is 2. The van der Waals surface area contributed by atoms with Crippen molar-refractivity contribution in [3.63, 3.8) is 0 Å². The van der Waals surface area contributed by atoms with E-state index in [0.717, 1.165) is 16.9 Å². The molecule has 0 saturated heterocycles. The minimum atomic E-state index is -0.205. The molecule has 2 N–H and O–H groups in total. The summed E-state index contributed by atoms with van der Waals surface area (Å²) in [5.41, 5.74) is 8.93. The summed E-state index contributed by atoms with van der Waals surface area (Å²) in [6.07, 6.45) is -0.205. The van der Waals surface area contributed by atoms with Gasteiger partial charge in [0.05, 0.1) is 11.6 Å². The quantitative estimate of drug-likeness (QED) is 0.923. The van der Waals surface area contributed by atoms with Gasteiger partial charge in [-0.1, -0.05) is 24.3 Å². The van der Waals surface area contributed by atoms with Gasteiger partial charge in [-0.05, 0) is 49.2 Å². The Bertz CT molecular complexity index is 612. The Labute approximate surface area is 119 Å². The van der Waals surface area contributed by atoms with Crippen LogP contribution in [0.3, 0.4) is 0 Å². The molecule has 2 rings (SSSR count). The minimum absolute atomic E-state index is 0.133. The third kappa shape index (κ3) is 3.17. The van der Waals surface area contributed by atoms with E-state index in [4.69, 9.17) is 15.7 Å². The summed E-state index contributed by atoms with van der Waals surface area (Å²) < 4.78 is 6.01. The van der Waals surface area contributed by atoms with Gasteiger partial charge >= 0.3 is 0 Å². The molecule has 0 bridgehead atoms. The van der Waals surface area contributed by atoms with Crippen LogP contribution < -0.4 is 10.5 Å². The molecule has 0 saturated carbocycles.